The summed E-state index contributed by atoms with van der Waals surface area (Å²) in [5, 5.41) is 13.1. The fraction of sp³-hybridized carbons (Fsp3) is 0.467. The summed E-state index contributed by atoms with van der Waals surface area (Å²) in [6.07, 6.45) is -2.22. The fourth-order valence-electron chi connectivity index (χ4n) is 2.50. The van der Waals surface area contributed by atoms with E-state index in [9.17, 15) is 13.2 Å². The van der Waals surface area contributed by atoms with E-state index >= 15 is 0 Å². The molecule has 22 heavy (non-hydrogen) atoms. The third kappa shape index (κ3) is 3.64. The lowest BCUT2D eigenvalue weighted by Crippen LogP contribution is -2.23. The van der Waals surface area contributed by atoms with Gasteiger partial charge in [-0.25, -0.2) is 0 Å². The molecule has 1 fully saturated rings. The summed E-state index contributed by atoms with van der Waals surface area (Å²) < 4.78 is 38.6. The molecule has 1 aromatic carbocycles. The number of hydrogen-bond acceptors (Lipinski definition) is 4. The summed E-state index contributed by atoms with van der Waals surface area (Å²) in [5.74, 6) is 0.400. The zero-order valence-corrected chi connectivity index (χ0v) is 12.8. The molecule has 1 atom stereocenters. The Labute approximate surface area is 130 Å². The highest BCUT2D eigenvalue weighted by atomic mass is 32.1. The highest BCUT2D eigenvalue weighted by Gasteiger charge is 2.35. The summed E-state index contributed by atoms with van der Waals surface area (Å²) in [5.41, 5.74) is 0.0998. The van der Waals surface area contributed by atoms with Crippen LogP contribution in [0.4, 0.5) is 13.2 Å². The van der Waals surface area contributed by atoms with Gasteiger partial charge in [-0.1, -0.05) is 12.1 Å². The van der Waals surface area contributed by atoms with Gasteiger partial charge in [-0.15, -0.1) is 21.5 Å². The molecule has 3 nitrogen and oxygen atoms in total. The molecule has 0 aliphatic heterocycles. The van der Waals surface area contributed by atoms with Crippen LogP contribution in [-0.2, 0) is 12.7 Å². The number of rotatable bonds is 5. The van der Waals surface area contributed by atoms with Crippen molar-refractivity contribution in [1.29, 1.82) is 0 Å². The van der Waals surface area contributed by atoms with Crippen LogP contribution in [0.2, 0.25) is 0 Å². The van der Waals surface area contributed by atoms with E-state index in [2.05, 4.69) is 15.5 Å². The fourth-order valence-corrected chi connectivity index (χ4v) is 3.16. The predicted molar refractivity (Wildman–Crippen MR) is 78.4 cm³/mol. The van der Waals surface area contributed by atoms with E-state index in [4.69, 9.17) is 0 Å². The van der Waals surface area contributed by atoms with Gasteiger partial charge >= 0.3 is 6.18 Å². The van der Waals surface area contributed by atoms with Crippen LogP contribution in [-0.4, -0.2) is 10.2 Å². The molecule has 118 valence electrons. The number of halogens is 3. The predicted octanol–water partition coefficient (Wildman–Crippen LogP) is 4.11. The average Bonchev–Trinajstić information content (AvgIpc) is 3.21. The van der Waals surface area contributed by atoms with Gasteiger partial charge in [0.15, 0.2) is 0 Å². The van der Waals surface area contributed by atoms with Gasteiger partial charge in [-0.05, 0) is 43.4 Å². The van der Waals surface area contributed by atoms with Gasteiger partial charge in [0.05, 0.1) is 12.1 Å². The number of hydrogen-bond donors (Lipinski definition) is 1. The highest BCUT2D eigenvalue weighted by Crippen LogP contribution is 2.42. The quantitative estimate of drug-likeness (QED) is 0.898. The Morgan fingerprint density at radius 3 is 2.68 bits per heavy atom. The molecule has 2 aromatic rings. The number of nitrogens with one attached hydrogen (secondary N) is 1. The molecule has 0 spiro atoms. The molecule has 3 rings (SSSR count). The lowest BCUT2D eigenvalue weighted by molar-refractivity contribution is -0.137. The third-order valence-electron chi connectivity index (χ3n) is 3.71. The second-order valence-corrected chi connectivity index (χ2v) is 6.80. The van der Waals surface area contributed by atoms with Crippen molar-refractivity contribution < 1.29 is 13.2 Å². The van der Waals surface area contributed by atoms with E-state index in [1.54, 1.807) is 6.07 Å². The number of nitrogens with zero attached hydrogens (tertiary/aromatic N) is 2. The minimum atomic E-state index is -4.31. The zero-order valence-electron chi connectivity index (χ0n) is 12.0. The van der Waals surface area contributed by atoms with Crippen molar-refractivity contribution in [2.45, 2.75) is 38.5 Å². The van der Waals surface area contributed by atoms with Gasteiger partial charge in [-0.3, -0.25) is 0 Å². The lowest BCUT2D eigenvalue weighted by atomic mass is 10.00. The molecule has 7 heteroatoms. The molecule has 1 aromatic heterocycles. The molecule has 1 saturated carbocycles. The molecule has 1 N–H and O–H groups in total. The first-order valence-corrected chi connectivity index (χ1v) is 7.94. The van der Waals surface area contributed by atoms with Crippen molar-refractivity contribution in [3.05, 3.63) is 45.4 Å². The monoisotopic (exact) mass is 327 g/mol. The van der Waals surface area contributed by atoms with Crippen molar-refractivity contribution in [2.24, 2.45) is 5.92 Å². The van der Waals surface area contributed by atoms with Gasteiger partial charge < -0.3 is 5.32 Å². The summed E-state index contributed by atoms with van der Waals surface area (Å²) in [6, 6.07) is 5.54. The van der Waals surface area contributed by atoms with Crippen LogP contribution in [0.25, 0.3) is 0 Å². The van der Waals surface area contributed by atoms with Gasteiger partial charge in [0.1, 0.15) is 10.0 Å². The average molecular weight is 327 g/mol. The zero-order chi connectivity index (χ0) is 15.7. The molecule has 0 amide bonds. The van der Waals surface area contributed by atoms with Crippen molar-refractivity contribution in [3.8, 4) is 0 Å². The number of alkyl halides is 3. The van der Waals surface area contributed by atoms with E-state index in [0.29, 0.717) is 18.0 Å². The van der Waals surface area contributed by atoms with Crippen LogP contribution in [0.3, 0.4) is 0 Å². The van der Waals surface area contributed by atoms with E-state index < -0.39 is 11.7 Å². The van der Waals surface area contributed by atoms with Crippen molar-refractivity contribution in [2.75, 3.05) is 0 Å². The molecule has 1 aliphatic rings. The van der Waals surface area contributed by atoms with Crippen molar-refractivity contribution in [1.82, 2.24) is 15.5 Å². The highest BCUT2D eigenvalue weighted by molar-refractivity contribution is 7.11. The van der Waals surface area contributed by atoms with Crippen LogP contribution in [0, 0.1) is 12.8 Å². The van der Waals surface area contributed by atoms with E-state index in [1.165, 1.54) is 23.5 Å². The first-order valence-electron chi connectivity index (χ1n) is 7.13. The smallest absolute Gasteiger partial charge is 0.303 e. The van der Waals surface area contributed by atoms with Crippen molar-refractivity contribution >= 4 is 11.3 Å². The summed E-state index contributed by atoms with van der Waals surface area (Å²) in [6.45, 7) is 2.41. The van der Waals surface area contributed by atoms with Crippen LogP contribution in [0.1, 0.15) is 40.0 Å². The lowest BCUT2D eigenvalue weighted by Gasteiger charge is -2.19. The largest absolute Gasteiger partial charge is 0.416 e. The standard InChI is InChI=1S/C15H16F3N3S/c1-9-20-21-13(22-9)8-19-14(10-5-6-10)11-3-2-4-12(7-11)15(16,17)18/h2-4,7,10,14,19H,5-6,8H2,1H3/t14-/m0/s1. The minimum Gasteiger partial charge on any atom is -0.303 e. The Morgan fingerprint density at radius 2 is 2.09 bits per heavy atom. The first kappa shape index (κ1) is 15.4. The molecule has 0 radical (unpaired) electrons. The van der Waals surface area contributed by atoms with E-state index in [-0.39, 0.29) is 6.04 Å². The van der Waals surface area contributed by atoms with Gasteiger partial charge in [0, 0.05) is 6.04 Å². The Morgan fingerprint density at radius 1 is 1.32 bits per heavy atom. The van der Waals surface area contributed by atoms with Crippen LogP contribution in [0.15, 0.2) is 24.3 Å². The molecule has 1 heterocycles. The van der Waals surface area contributed by atoms with Crippen molar-refractivity contribution in [3.63, 3.8) is 0 Å². The Balaban J connectivity index is 1.76. The topological polar surface area (TPSA) is 37.8 Å². The van der Waals surface area contributed by atoms with Crippen LogP contribution >= 0.6 is 11.3 Å². The van der Waals surface area contributed by atoms with Gasteiger partial charge in [0.25, 0.3) is 0 Å². The SMILES string of the molecule is Cc1nnc(CN[C@H](c2cccc(C(F)(F)F)c2)C2CC2)s1. The molecule has 0 saturated heterocycles. The maximum absolute atomic E-state index is 12.9. The second kappa shape index (κ2) is 5.96. The Kier molecular flexibility index (Phi) is 4.18. The number of aryl methyl sites for hydroxylation is 1. The Hall–Kier alpha value is -1.47. The van der Waals surface area contributed by atoms with Gasteiger partial charge in [-0.2, -0.15) is 13.2 Å². The molecule has 1 aliphatic carbocycles. The normalized spacial score (nSPS) is 16.7. The first-order chi connectivity index (χ1) is 10.4. The maximum atomic E-state index is 12.9. The molecule has 0 unspecified atom stereocenters. The third-order valence-corrected chi connectivity index (χ3v) is 4.55. The van der Waals surface area contributed by atoms with Crippen LogP contribution < -0.4 is 5.32 Å². The Bertz CT molecular complexity index is 649. The van der Waals surface area contributed by atoms with Crippen LogP contribution in [0.5, 0.6) is 0 Å². The summed E-state index contributed by atoms with van der Waals surface area (Å²) in [4.78, 5) is 0. The minimum absolute atomic E-state index is 0.0634. The molecular weight excluding hydrogens is 311 g/mol. The van der Waals surface area contributed by atoms with Gasteiger partial charge in [0.2, 0.25) is 0 Å². The number of aromatic nitrogens is 2. The maximum Gasteiger partial charge on any atom is 0.416 e. The van der Waals surface area contributed by atoms with E-state index in [0.717, 1.165) is 28.9 Å². The second-order valence-electron chi connectivity index (χ2n) is 5.53. The number of benzene rings is 1. The molecule has 0 bridgehead atoms. The summed E-state index contributed by atoms with van der Waals surface area (Å²) in [7, 11) is 0. The van der Waals surface area contributed by atoms with E-state index in [1.807, 2.05) is 6.92 Å². The summed E-state index contributed by atoms with van der Waals surface area (Å²) >= 11 is 1.50. The molecular formula is C15H16F3N3S.